The van der Waals surface area contributed by atoms with E-state index in [1.807, 2.05) is 0 Å². The number of nitrogens with two attached hydrogens (primary N) is 1. The summed E-state index contributed by atoms with van der Waals surface area (Å²) in [6.45, 7) is -0.894. The lowest BCUT2D eigenvalue weighted by atomic mass is 10.1. The minimum atomic E-state index is -2.43. The van der Waals surface area contributed by atoms with Crippen LogP contribution in [0, 0.1) is 6.92 Å². The van der Waals surface area contributed by atoms with Crippen molar-refractivity contribution >= 4 is 22.7 Å². The fourth-order valence-electron chi connectivity index (χ4n) is 1.44. The highest BCUT2D eigenvalue weighted by atomic mass is 16.4. The second kappa shape index (κ2) is 2.98. The zero-order valence-electron chi connectivity index (χ0n) is 11.0. The Bertz CT molecular complexity index is 646. The lowest BCUT2D eigenvalue weighted by Crippen LogP contribution is -1.99. The molecule has 5 nitrogen and oxygen atoms in total. The van der Waals surface area contributed by atoms with Crippen molar-refractivity contribution in [3.63, 3.8) is 0 Å². The van der Waals surface area contributed by atoms with E-state index in [0.29, 0.717) is 5.52 Å². The average Bonchev–Trinajstić information content (AvgIpc) is 2.53. The number of benzene rings is 1. The molecule has 15 heavy (non-hydrogen) atoms. The number of aromatic carboxylic acids is 1. The summed E-state index contributed by atoms with van der Waals surface area (Å²) in [5.74, 6) is -0.904. The quantitative estimate of drug-likeness (QED) is 0.689. The lowest BCUT2D eigenvalue weighted by Gasteiger charge is -2.00. The summed E-state index contributed by atoms with van der Waals surface area (Å²) in [5.41, 5.74) is 6.28. The van der Waals surface area contributed by atoms with E-state index in [2.05, 4.69) is 4.98 Å². The molecule has 0 saturated carbocycles. The molecule has 0 fully saturated rings. The van der Waals surface area contributed by atoms with E-state index >= 15 is 0 Å². The SMILES string of the molecule is [2H]C([2H])([2H])n1c(C)nc2c(N)cc(C(=O)O)cc21. The van der Waals surface area contributed by atoms with Crippen LogP contribution >= 0.6 is 0 Å². The Kier molecular flexibility index (Phi) is 1.28. The van der Waals surface area contributed by atoms with Crippen molar-refractivity contribution in [3.05, 3.63) is 23.5 Å². The van der Waals surface area contributed by atoms with Gasteiger partial charge < -0.3 is 15.4 Å². The second-order valence-corrected chi connectivity index (χ2v) is 3.23. The zero-order valence-corrected chi connectivity index (χ0v) is 7.98. The largest absolute Gasteiger partial charge is 0.478 e. The van der Waals surface area contributed by atoms with Gasteiger partial charge in [-0.2, -0.15) is 0 Å². The van der Waals surface area contributed by atoms with Gasteiger partial charge in [0.25, 0.3) is 0 Å². The Morgan fingerprint density at radius 1 is 1.67 bits per heavy atom. The maximum absolute atomic E-state index is 10.9. The first-order chi connectivity index (χ1) is 8.21. The van der Waals surface area contributed by atoms with E-state index < -0.39 is 12.9 Å². The molecule has 0 saturated heterocycles. The van der Waals surface area contributed by atoms with Crippen LogP contribution in [0.25, 0.3) is 11.0 Å². The number of rotatable bonds is 1. The molecule has 1 aromatic carbocycles. The number of carbonyl (C=O) groups is 1. The summed E-state index contributed by atoms with van der Waals surface area (Å²) in [6, 6.07) is 2.53. The summed E-state index contributed by atoms with van der Waals surface area (Å²) in [7, 11) is 0. The third-order valence-corrected chi connectivity index (χ3v) is 2.20. The number of hydrogen-bond acceptors (Lipinski definition) is 3. The minimum Gasteiger partial charge on any atom is -0.478 e. The monoisotopic (exact) mass is 208 g/mol. The number of nitrogens with zero attached hydrogens (tertiary/aromatic N) is 2. The summed E-state index contributed by atoms with van der Waals surface area (Å²) < 4.78 is 23.3. The molecule has 0 amide bonds. The number of carboxylic acid groups (broad SMARTS) is 1. The zero-order chi connectivity index (χ0) is 13.7. The van der Waals surface area contributed by atoms with Crippen LogP contribution in [0.2, 0.25) is 0 Å². The van der Waals surface area contributed by atoms with Crippen molar-refractivity contribution in [1.82, 2.24) is 9.55 Å². The van der Waals surface area contributed by atoms with Crippen LogP contribution in [-0.2, 0) is 6.98 Å². The average molecular weight is 208 g/mol. The van der Waals surface area contributed by atoms with E-state index in [9.17, 15) is 4.79 Å². The van der Waals surface area contributed by atoms with Crippen LogP contribution in [0.5, 0.6) is 0 Å². The van der Waals surface area contributed by atoms with Crippen molar-refractivity contribution in [2.45, 2.75) is 6.92 Å². The van der Waals surface area contributed by atoms with Gasteiger partial charge in [-0.05, 0) is 19.1 Å². The maximum Gasteiger partial charge on any atom is 0.335 e. The van der Waals surface area contributed by atoms with Crippen LogP contribution < -0.4 is 5.73 Å². The summed E-state index contributed by atoms with van der Waals surface area (Å²) in [4.78, 5) is 15.0. The molecular formula is C10H11N3O2. The van der Waals surface area contributed by atoms with Crippen LogP contribution in [0.1, 0.15) is 20.3 Å². The summed E-state index contributed by atoms with van der Waals surface area (Å²) >= 11 is 0. The highest BCUT2D eigenvalue weighted by molar-refractivity contribution is 5.97. The Morgan fingerprint density at radius 3 is 3.00 bits per heavy atom. The number of carboxylic acids is 1. The van der Waals surface area contributed by atoms with E-state index in [1.165, 1.54) is 19.1 Å². The maximum atomic E-state index is 10.9. The molecule has 0 aliphatic carbocycles. The first kappa shape index (κ1) is 6.44. The molecule has 1 heterocycles. The molecule has 0 atom stereocenters. The molecule has 0 radical (unpaired) electrons. The summed E-state index contributed by atoms with van der Waals surface area (Å²) in [6.07, 6.45) is 0. The number of aryl methyl sites for hydroxylation is 2. The Hall–Kier alpha value is -2.04. The fraction of sp³-hybridized carbons (Fsp3) is 0.200. The normalized spacial score (nSPS) is 14.6. The van der Waals surface area contributed by atoms with Crippen molar-refractivity contribution in [2.75, 3.05) is 5.73 Å². The van der Waals surface area contributed by atoms with Crippen molar-refractivity contribution in [2.24, 2.45) is 6.98 Å². The molecule has 0 aliphatic rings. The lowest BCUT2D eigenvalue weighted by molar-refractivity contribution is 0.0697. The van der Waals surface area contributed by atoms with Gasteiger partial charge in [-0.1, -0.05) is 0 Å². The molecule has 0 bridgehead atoms. The molecule has 3 N–H and O–H groups in total. The molecule has 2 rings (SSSR count). The first-order valence-electron chi connectivity index (χ1n) is 5.74. The van der Waals surface area contributed by atoms with Gasteiger partial charge in [0.05, 0.1) is 16.8 Å². The number of anilines is 1. The van der Waals surface area contributed by atoms with Gasteiger partial charge in [-0.15, -0.1) is 0 Å². The standard InChI is InChI=1S/C10H11N3O2/c1-5-12-9-7(11)3-6(10(14)15)4-8(9)13(5)2/h3-4H,11H2,1-2H3,(H,14,15)/i2D3. The topological polar surface area (TPSA) is 81.1 Å². The van der Waals surface area contributed by atoms with Gasteiger partial charge in [0.1, 0.15) is 11.3 Å². The van der Waals surface area contributed by atoms with Crippen molar-refractivity contribution in [1.29, 1.82) is 0 Å². The summed E-state index contributed by atoms with van der Waals surface area (Å²) in [5, 5.41) is 8.94. The van der Waals surface area contributed by atoms with Crippen molar-refractivity contribution in [3.8, 4) is 0 Å². The number of imidazole rings is 1. The predicted octanol–water partition coefficient (Wildman–Crippen LogP) is 1.16. The van der Waals surface area contributed by atoms with Crippen LogP contribution in [-0.4, -0.2) is 20.6 Å². The van der Waals surface area contributed by atoms with Gasteiger partial charge >= 0.3 is 5.97 Å². The van der Waals surface area contributed by atoms with Crippen LogP contribution in [0.15, 0.2) is 12.1 Å². The van der Waals surface area contributed by atoms with Crippen LogP contribution in [0.3, 0.4) is 0 Å². The van der Waals surface area contributed by atoms with E-state index in [-0.39, 0.29) is 22.6 Å². The van der Waals surface area contributed by atoms with E-state index in [4.69, 9.17) is 15.0 Å². The molecule has 0 spiro atoms. The molecular weight excluding hydrogens is 194 g/mol. The van der Waals surface area contributed by atoms with E-state index in [1.54, 1.807) is 0 Å². The fourth-order valence-corrected chi connectivity index (χ4v) is 1.44. The third-order valence-electron chi connectivity index (χ3n) is 2.20. The molecule has 2 aromatic rings. The molecule has 78 valence electrons. The number of fused-ring (bicyclic) bond motifs is 1. The smallest absolute Gasteiger partial charge is 0.335 e. The van der Waals surface area contributed by atoms with Crippen molar-refractivity contribution < 1.29 is 14.0 Å². The highest BCUT2D eigenvalue weighted by Crippen LogP contribution is 2.23. The van der Waals surface area contributed by atoms with Gasteiger partial charge in [-0.3, -0.25) is 0 Å². The molecule has 0 unspecified atom stereocenters. The second-order valence-electron chi connectivity index (χ2n) is 3.23. The number of aromatic nitrogens is 2. The molecule has 0 aliphatic heterocycles. The minimum absolute atomic E-state index is 0.0644. The Morgan fingerprint density at radius 2 is 2.40 bits per heavy atom. The van der Waals surface area contributed by atoms with Crippen LogP contribution in [0.4, 0.5) is 5.69 Å². The van der Waals surface area contributed by atoms with E-state index in [0.717, 1.165) is 4.57 Å². The van der Waals surface area contributed by atoms with Gasteiger partial charge in [0, 0.05) is 11.1 Å². The van der Waals surface area contributed by atoms with Gasteiger partial charge in [0.2, 0.25) is 0 Å². The predicted molar refractivity (Wildman–Crippen MR) is 56.8 cm³/mol. The Labute approximate surface area is 90.4 Å². The van der Waals surface area contributed by atoms with Gasteiger partial charge in [-0.25, -0.2) is 9.78 Å². The molecule has 5 heteroatoms. The Balaban J connectivity index is 2.88. The first-order valence-corrected chi connectivity index (χ1v) is 4.24. The van der Waals surface area contributed by atoms with Gasteiger partial charge in [0.15, 0.2) is 0 Å². The third kappa shape index (κ3) is 1.32. The number of nitrogen functional groups attached to an aromatic ring is 1. The molecule has 1 aromatic heterocycles. The highest BCUT2D eigenvalue weighted by Gasteiger charge is 2.12. The number of hydrogen-bond donors (Lipinski definition) is 2.